The Hall–Kier alpha value is -1.95. The van der Waals surface area contributed by atoms with E-state index in [1.807, 2.05) is 11.0 Å². The zero-order valence-corrected chi connectivity index (χ0v) is 12.3. The predicted octanol–water partition coefficient (Wildman–Crippen LogP) is 0.795. The molecule has 1 aromatic rings. The lowest BCUT2D eigenvalue weighted by Gasteiger charge is -2.34. The first-order chi connectivity index (χ1) is 10.6. The van der Waals surface area contributed by atoms with Crippen LogP contribution in [0.25, 0.3) is 0 Å². The summed E-state index contributed by atoms with van der Waals surface area (Å²) in [5, 5.41) is 5.71. The SMILES string of the molecule is O=C(CC1C(=O)NCCN1Cc1cccc(F)c1)NC1CC1. The molecule has 6 heteroatoms. The Bertz CT molecular complexity index is 574. The number of hydrogen-bond acceptors (Lipinski definition) is 3. The smallest absolute Gasteiger partial charge is 0.237 e. The van der Waals surface area contributed by atoms with E-state index in [0.717, 1.165) is 18.4 Å². The van der Waals surface area contributed by atoms with Gasteiger partial charge in [0.25, 0.3) is 0 Å². The fourth-order valence-corrected chi connectivity index (χ4v) is 2.73. The van der Waals surface area contributed by atoms with E-state index in [1.165, 1.54) is 12.1 Å². The summed E-state index contributed by atoms with van der Waals surface area (Å²) in [7, 11) is 0. The molecule has 0 bridgehead atoms. The quantitative estimate of drug-likeness (QED) is 0.846. The highest BCUT2D eigenvalue weighted by atomic mass is 19.1. The predicted molar refractivity (Wildman–Crippen MR) is 79.4 cm³/mol. The van der Waals surface area contributed by atoms with Gasteiger partial charge in [0.2, 0.25) is 11.8 Å². The lowest BCUT2D eigenvalue weighted by Crippen LogP contribution is -2.56. The number of carbonyl (C=O) groups excluding carboxylic acids is 2. The van der Waals surface area contributed by atoms with Crippen molar-refractivity contribution in [3.63, 3.8) is 0 Å². The summed E-state index contributed by atoms with van der Waals surface area (Å²) in [6.07, 6.45) is 2.20. The number of benzene rings is 1. The van der Waals surface area contributed by atoms with Crippen LogP contribution in [0.4, 0.5) is 4.39 Å². The van der Waals surface area contributed by atoms with Gasteiger partial charge < -0.3 is 10.6 Å². The number of piperazine rings is 1. The van der Waals surface area contributed by atoms with Crippen molar-refractivity contribution in [1.29, 1.82) is 0 Å². The van der Waals surface area contributed by atoms with Crippen LogP contribution in [0.5, 0.6) is 0 Å². The molecule has 2 amide bonds. The number of hydrogen-bond donors (Lipinski definition) is 2. The van der Waals surface area contributed by atoms with Crippen molar-refractivity contribution in [1.82, 2.24) is 15.5 Å². The second-order valence-corrected chi connectivity index (χ2v) is 5.95. The molecule has 1 aromatic carbocycles. The normalized spacial score (nSPS) is 22.2. The Morgan fingerprint density at radius 2 is 2.23 bits per heavy atom. The number of halogens is 1. The molecule has 0 radical (unpaired) electrons. The van der Waals surface area contributed by atoms with Crippen LogP contribution in [-0.2, 0) is 16.1 Å². The summed E-state index contributed by atoms with van der Waals surface area (Å²) >= 11 is 0. The monoisotopic (exact) mass is 305 g/mol. The van der Waals surface area contributed by atoms with E-state index < -0.39 is 6.04 Å². The summed E-state index contributed by atoms with van der Waals surface area (Å²) in [6.45, 7) is 1.67. The van der Waals surface area contributed by atoms with Gasteiger partial charge in [-0.05, 0) is 30.5 Å². The maximum atomic E-state index is 13.3. The van der Waals surface area contributed by atoms with Crippen molar-refractivity contribution in [2.75, 3.05) is 13.1 Å². The molecular formula is C16H20FN3O2. The van der Waals surface area contributed by atoms with Crippen molar-refractivity contribution in [2.45, 2.75) is 37.9 Å². The zero-order chi connectivity index (χ0) is 15.5. The average molecular weight is 305 g/mol. The first-order valence-electron chi connectivity index (χ1n) is 7.67. The minimum atomic E-state index is -0.490. The molecule has 2 fully saturated rings. The summed E-state index contributed by atoms with van der Waals surface area (Å²) in [4.78, 5) is 26.0. The van der Waals surface area contributed by atoms with Crippen LogP contribution in [0.3, 0.4) is 0 Å². The minimum Gasteiger partial charge on any atom is -0.353 e. The fraction of sp³-hybridized carbons (Fsp3) is 0.500. The van der Waals surface area contributed by atoms with Crippen molar-refractivity contribution >= 4 is 11.8 Å². The topological polar surface area (TPSA) is 61.4 Å². The Morgan fingerprint density at radius 1 is 1.41 bits per heavy atom. The molecule has 1 unspecified atom stereocenters. The Kier molecular flexibility index (Phi) is 4.38. The maximum absolute atomic E-state index is 13.3. The van der Waals surface area contributed by atoms with Gasteiger partial charge in [-0.2, -0.15) is 0 Å². The second-order valence-electron chi connectivity index (χ2n) is 5.95. The van der Waals surface area contributed by atoms with Gasteiger partial charge in [-0.1, -0.05) is 12.1 Å². The molecule has 1 heterocycles. The summed E-state index contributed by atoms with van der Waals surface area (Å²) in [6, 6.07) is 6.15. The third-order valence-corrected chi connectivity index (χ3v) is 4.04. The highest BCUT2D eigenvalue weighted by Crippen LogP contribution is 2.20. The van der Waals surface area contributed by atoms with Gasteiger partial charge >= 0.3 is 0 Å². The van der Waals surface area contributed by atoms with Crippen molar-refractivity contribution in [2.24, 2.45) is 0 Å². The van der Waals surface area contributed by atoms with E-state index in [4.69, 9.17) is 0 Å². The molecule has 1 aliphatic heterocycles. The van der Waals surface area contributed by atoms with Gasteiger partial charge in [-0.3, -0.25) is 14.5 Å². The Labute approximate surface area is 128 Å². The molecule has 1 aliphatic carbocycles. The van der Waals surface area contributed by atoms with E-state index in [2.05, 4.69) is 10.6 Å². The first-order valence-corrected chi connectivity index (χ1v) is 7.67. The number of amides is 2. The summed E-state index contributed by atoms with van der Waals surface area (Å²) < 4.78 is 13.3. The van der Waals surface area contributed by atoms with Crippen molar-refractivity contribution < 1.29 is 14.0 Å². The highest BCUT2D eigenvalue weighted by molar-refractivity contribution is 5.89. The molecule has 1 atom stereocenters. The standard InChI is InChI=1S/C16H20FN3O2/c17-12-3-1-2-11(8-12)10-20-7-6-18-16(22)14(20)9-15(21)19-13-4-5-13/h1-3,8,13-14H,4-7,9-10H2,(H,18,22)(H,19,21). The van der Waals surface area contributed by atoms with E-state index in [-0.39, 0.29) is 30.1 Å². The number of carbonyl (C=O) groups is 2. The van der Waals surface area contributed by atoms with Crippen LogP contribution in [0, 0.1) is 5.82 Å². The van der Waals surface area contributed by atoms with Gasteiger partial charge in [0.1, 0.15) is 5.82 Å². The van der Waals surface area contributed by atoms with E-state index in [9.17, 15) is 14.0 Å². The fourth-order valence-electron chi connectivity index (χ4n) is 2.73. The van der Waals surface area contributed by atoms with Crippen LogP contribution in [0.2, 0.25) is 0 Å². The molecule has 22 heavy (non-hydrogen) atoms. The van der Waals surface area contributed by atoms with Crippen molar-refractivity contribution in [3.05, 3.63) is 35.6 Å². The highest BCUT2D eigenvalue weighted by Gasteiger charge is 2.33. The molecule has 0 spiro atoms. The number of rotatable bonds is 5. The number of nitrogens with zero attached hydrogens (tertiary/aromatic N) is 1. The van der Waals surface area contributed by atoms with Crippen LogP contribution in [-0.4, -0.2) is 41.9 Å². The largest absolute Gasteiger partial charge is 0.353 e. The zero-order valence-electron chi connectivity index (χ0n) is 12.3. The maximum Gasteiger partial charge on any atom is 0.237 e. The molecule has 1 saturated heterocycles. The minimum absolute atomic E-state index is 0.0891. The van der Waals surface area contributed by atoms with Crippen LogP contribution >= 0.6 is 0 Å². The van der Waals surface area contributed by atoms with Crippen LogP contribution in [0.1, 0.15) is 24.8 Å². The van der Waals surface area contributed by atoms with Gasteiger partial charge in [-0.15, -0.1) is 0 Å². The first kappa shape index (κ1) is 15.0. The average Bonchev–Trinajstić information content (AvgIpc) is 3.26. The summed E-state index contributed by atoms with van der Waals surface area (Å²) in [5.74, 6) is -0.510. The van der Waals surface area contributed by atoms with Crippen LogP contribution in [0.15, 0.2) is 24.3 Å². The van der Waals surface area contributed by atoms with Gasteiger partial charge in [0, 0.05) is 25.7 Å². The van der Waals surface area contributed by atoms with Gasteiger partial charge in [0.05, 0.1) is 12.5 Å². The molecule has 0 aromatic heterocycles. The van der Waals surface area contributed by atoms with Crippen LogP contribution < -0.4 is 10.6 Å². The summed E-state index contributed by atoms with van der Waals surface area (Å²) in [5.41, 5.74) is 0.808. The second kappa shape index (κ2) is 6.44. The third kappa shape index (κ3) is 3.82. The molecule has 1 saturated carbocycles. The van der Waals surface area contributed by atoms with Gasteiger partial charge in [0.15, 0.2) is 0 Å². The van der Waals surface area contributed by atoms with Crippen molar-refractivity contribution in [3.8, 4) is 0 Å². The third-order valence-electron chi connectivity index (χ3n) is 4.04. The van der Waals surface area contributed by atoms with E-state index in [0.29, 0.717) is 19.6 Å². The molecule has 118 valence electrons. The van der Waals surface area contributed by atoms with Gasteiger partial charge in [-0.25, -0.2) is 4.39 Å². The Balaban J connectivity index is 1.66. The molecule has 2 N–H and O–H groups in total. The lowest BCUT2D eigenvalue weighted by atomic mass is 10.1. The number of nitrogens with one attached hydrogen (secondary N) is 2. The molecule has 2 aliphatic rings. The Morgan fingerprint density at radius 3 is 2.95 bits per heavy atom. The lowest BCUT2D eigenvalue weighted by molar-refractivity contribution is -0.134. The molecule has 3 rings (SSSR count). The van der Waals surface area contributed by atoms with E-state index >= 15 is 0 Å². The molecular weight excluding hydrogens is 285 g/mol. The van der Waals surface area contributed by atoms with E-state index in [1.54, 1.807) is 6.07 Å². The molecule has 5 nitrogen and oxygen atoms in total.